The second kappa shape index (κ2) is 5.39. The summed E-state index contributed by atoms with van der Waals surface area (Å²) in [6.45, 7) is 1.13. The minimum atomic E-state index is 0.487. The van der Waals surface area contributed by atoms with Gasteiger partial charge in [-0.05, 0) is 47.4 Å². The Morgan fingerprint density at radius 2 is 1.95 bits per heavy atom. The molecular weight excluding hydrogens is 324 g/mol. The molecule has 0 saturated carbocycles. The molecule has 2 aromatic rings. The number of hydrogen-bond acceptors (Lipinski definition) is 2. The third-order valence-corrected chi connectivity index (χ3v) is 5.13. The summed E-state index contributed by atoms with van der Waals surface area (Å²) >= 11 is 3.65. The van der Waals surface area contributed by atoms with E-state index < -0.39 is 0 Å². The van der Waals surface area contributed by atoms with Crippen molar-refractivity contribution < 1.29 is 0 Å². The van der Waals surface area contributed by atoms with E-state index in [1.807, 2.05) is 0 Å². The average Bonchev–Trinajstić information content (AvgIpc) is 3.19. The Balaban J connectivity index is 1.68. The first-order chi connectivity index (χ1) is 10.3. The first-order valence-corrected chi connectivity index (χ1v) is 8.29. The van der Waals surface area contributed by atoms with Crippen LogP contribution in [0.25, 0.3) is 16.3 Å². The van der Waals surface area contributed by atoms with Gasteiger partial charge < -0.3 is 5.32 Å². The Bertz CT molecular complexity index is 755. The van der Waals surface area contributed by atoms with Crippen LogP contribution in [-0.2, 0) is 0 Å². The molecule has 0 radical (unpaired) electrons. The molecule has 1 N–H and O–H groups in total. The van der Waals surface area contributed by atoms with E-state index in [1.54, 1.807) is 0 Å². The lowest BCUT2D eigenvalue weighted by molar-refractivity contribution is 0.756. The quantitative estimate of drug-likeness (QED) is 0.852. The Morgan fingerprint density at radius 3 is 2.76 bits per heavy atom. The van der Waals surface area contributed by atoms with Crippen LogP contribution in [0.2, 0.25) is 0 Å². The third-order valence-electron chi connectivity index (χ3n) is 4.44. The minimum absolute atomic E-state index is 0.487. The van der Waals surface area contributed by atoms with Crippen molar-refractivity contribution >= 4 is 38.0 Å². The molecule has 2 nitrogen and oxygen atoms in total. The van der Waals surface area contributed by atoms with Crippen molar-refractivity contribution in [3.63, 3.8) is 0 Å². The molecule has 1 saturated heterocycles. The molecule has 2 aliphatic rings. The molecule has 0 bridgehead atoms. The number of halogens is 1. The zero-order valence-corrected chi connectivity index (χ0v) is 13.4. The van der Waals surface area contributed by atoms with Gasteiger partial charge in [-0.15, -0.1) is 0 Å². The van der Waals surface area contributed by atoms with Gasteiger partial charge in [-0.25, -0.2) is 0 Å². The van der Waals surface area contributed by atoms with E-state index in [4.69, 9.17) is 0 Å². The molecule has 0 aromatic heterocycles. The van der Waals surface area contributed by atoms with Gasteiger partial charge in [0.25, 0.3) is 0 Å². The lowest BCUT2D eigenvalue weighted by atomic mass is 9.95. The van der Waals surface area contributed by atoms with Crippen molar-refractivity contribution in [3.05, 3.63) is 52.6 Å². The first-order valence-electron chi connectivity index (χ1n) is 7.49. The SMILES string of the molecule is Brc1ccc(C2=CN=C([C@@H]3CCCN3)C2)c2ccccc12. The fourth-order valence-corrected chi connectivity index (χ4v) is 3.81. The summed E-state index contributed by atoms with van der Waals surface area (Å²) in [6, 6.07) is 13.4. The Kier molecular flexibility index (Phi) is 3.40. The van der Waals surface area contributed by atoms with Gasteiger partial charge >= 0.3 is 0 Å². The van der Waals surface area contributed by atoms with Gasteiger partial charge in [0.15, 0.2) is 0 Å². The zero-order valence-electron chi connectivity index (χ0n) is 11.8. The highest BCUT2D eigenvalue weighted by Crippen LogP contribution is 2.34. The third kappa shape index (κ3) is 2.34. The van der Waals surface area contributed by atoms with Crippen molar-refractivity contribution in [2.24, 2.45) is 4.99 Å². The van der Waals surface area contributed by atoms with E-state index in [2.05, 4.69) is 68.8 Å². The van der Waals surface area contributed by atoms with Crippen LogP contribution in [0.4, 0.5) is 0 Å². The molecule has 0 unspecified atom stereocenters. The molecule has 0 aliphatic carbocycles. The molecule has 21 heavy (non-hydrogen) atoms. The number of aliphatic imine (C=N–C) groups is 1. The number of rotatable bonds is 2. The molecule has 1 fully saturated rings. The highest BCUT2D eigenvalue weighted by molar-refractivity contribution is 9.10. The number of fused-ring (bicyclic) bond motifs is 1. The first kappa shape index (κ1) is 13.2. The van der Waals surface area contributed by atoms with Crippen LogP contribution >= 0.6 is 15.9 Å². The molecule has 2 aromatic carbocycles. The van der Waals surface area contributed by atoms with Crippen LogP contribution in [-0.4, -0.2) is 18.3 Å². The number of benzene rings is 2. The predicted octanol–water partition coefficient (Wildman–Crippen LogP) is 4.54. The van der Waals surface area contributed by atoms with Crippen molar-refractivity contribution in [2.45, 2.75) is 25.3 Å². The normalized spacial score (nSPS) is 21.7. The highest BCUT2D eigenvalue weighted by Gasteiger charge is 2.24. The number of nitrogens with zero attached hydrogens (tertiary/aromatic N) is 1. The molecule has 2 aliphatic heterocycles. The molecule has 2 heterocycles. The van der Waals surface area contributed by atoms with Gasteiger partial charge in [0.05, 0.1) is 0 Å². The maximum atomic E-state index is 4.69. The maximum absolute atomic E-state index is 4.69. The second-order valence-corrected chi connectivity index (χ2v) is 6.60. The van der Waals surface area contributed by atoms with Gasteiger partial charge in [-0.2, -0.15) is 0 Å². The average molecular weight is 341 g/mol. The van der Waals surface area contributed by atoms with E-state index in [0.717, 1.165) is 17.4 Å². The van der Waals surface area contributed by atoms with Crippen LogP contribution in [0.3, 0.4) is 0 Å². The highest BCUT2D eigenvalue weighted by atomic mass is 79.9. The number of allylic oxidation sites excluding steroid dienone is 1. The molecule has 1 atom stereocenters. The molecular formula is C18H17BrN2. The number of hydrogen-bond donors (Lipinski definition) is 1. The fraction of sp³-hybridized carbons (Fsp3) is 0.278. The van der Waals surface area contributed by atoms with E-state index in [9.17, 15) is 0 Å². The maximum Gasteiger partial charge on any atom is 0.0459 e. The van der Waals surface area contributed by atoms with Crippen molar-refractivity contribution in [3.8, 4) is 0 Å². The summed E-state index contributed by atoms with van der Waals surface area (Å²) in [5, 5.41) is 6.11. The van der Waals surface area contributed by atoms with E-state index >= 15 is 0 Å². The number of nitrogens with one attached hydrogen (secondary N) is 1. The fourth-order valence-electron chi connectivity index (χ4n) is 3.34. The largest absolute Gasteiger partial charge is 0.309 e. The van der Waals surface area contributed by atoms with Crippen molar-refractivity contribution in [1.29, 1.82) is 0 Å². The Hall–Kier alpha value is -1.45. The van der Waals surface area contributed by atoms with Gasteiger partial charge in [0, 0.05) is 28.8 Å². The summed E-state index contributed by atoms with van der Waals surface area (Å²) in [7, 11) is 0. The standard InChI is InChI=1S/C18H17BrN2/c19-16-8-7-13(14-4-1-2-5-15(14)16)12-10-18(21-11-12)17-6-3-9-20-17/h1-2,4-5,7-8,11,17,20H,3,6,9-10H2/t17-/m0/s1. The lowest BCUT2D eigenvalue weighted by Crippen LogP contribution is -2.29. The summed E-state index contributed by atoms with van der Waals surface area (Å²) < 4.78 is 1.15. The van der Waals surface area contributed by atoms with Crippen LogP contribution in [0.5, 0.6) is 0 Å². The summed E-state index contributed by atoms with van der Waals surface area (Å²) in [6.07, 6.45) is 5.52. The lowest BCUT2D eigenvalue weighted by Gasteiger charge is -2.12. The van der Waals surface area contributed by atoms with Gasteiger partial charge in [0.2, 0.25) is 0 Å². The topological polar surface area (TPSA) is 24.4 Å². The molecule has 0 spiro atoms. The molecule has 0 amide bonds. The van der Waals surface area contributed by atoms with Crippen molar-refractivity contribution in [2.75, 3.05) is 6.54 Å². The predicted molar refractivity (Wildman–Crippen MR) is 92.7 cm³/mol. The zero-order chi connectivity index (χ0) is 14.2. The van der Waals surface area contributed by atoms with E-state index in [1.165, 1.54) is 40.5 Å². The van der Waals surface area contributed by atoms with Gasteiger partial charge in [-0.3, -0.25) is 4.99 Å². The van der Waals surface area contributed by atoms with Crippen LogP contribution in [0.15, 0.2) is 52.1 Å². The monoisotopic (exact) mass is 340 g/mol. The second-order valence-electron chi connectivity index (χ2n) is 5.74. The van der Waals surface area contributed by atoms with E-state index in [0.29, 0.717) is 6.04 Å². The van der Waals surface area contributed by atoms with E-state index in [-0.39, 0.29) is 0 Å². The molecule has 106 valence electrons. The van der Waals surface area contributed by atoms with Crippen molar-refractivity contribution in [1.82, 2.24) is 5.32 Å². The summed E-state index contributed by atoms with van der Waals surface area (Å²) in [4.78, 5) is 4.69. The minimum Gasteiger partial charge on any atom is -0.309 e. The van der Waals surface area contributed by atoms with Crippen LogP contribution < -0.4 is 5.32 Å². The van der Waals surface area contributed by atoms with Crippen LogP contribution in [0.1, 0.15) is 24.8 Å². The van der Waals surface area contributed by atoms with Gasteiger partial charge in [0.1, 0.15) is 0 Å². The Morgan fingerprint density at radius 1 is 1.10 bits per heavy atom. The summed E-state index contributed by atoms with van der Waals surface area (Å²) in [5.74, 6) is 0. The Labute approximate surface area is 133 Å². The molecule has 4 rings (SSSR count). The van der Waals surface area contributed by atoms with Crippen LogP contribution in [0, 0.1) is 0 Å². The molecule has 3 heteroatoms. The summed E-state index contributed by atoms with van der Waals surface area (Å²) in [5.41, 5.74) is 3.95. The van der Waals surface area contributed by atoms with Gasteiger partial charge in [-0.1, -0.05) is 46.3 Å². The smallest absolute Gasteiger partial charge is 0.0459 e.